The molecular weight excluding hydrogens is 212 g/mol. The molecule has 0 fully saturated rings. The highest BCUT2D eigenvalue weighted by atomic mass is 14.7. The largest absolute Gasteiger partial charge is 0.397 e. The first-order valence-electron chi connectivity index (χ1n) is 5.20. The van der Waals surface area contributed by atoms with Crippen molar-refractivity contribution >= 4 is 23.8 Å². The Morgan fingerprint density at radius 2 is 1.88 bits per heavy atom. The van der Waals surface area contributed by atoms with Crippen molar-refractivity contribution in [2.45, 2.75) is 6.92 Å². The maximum atomic E-state index is 5.84. The predicted octanol–water partition coefficient (Wildman–Crippen LogP) is 2.55. The Kier molecular flexibility index (Phi) is 2.78. The van der Waals surface area contributed by atoms with Gasteiger partial charge in [-0.05, 0) is 37.4 Å². The summed E-state index contributed by atoms with van der Waals surface area (Å²) in [5, 5.41) is 0. The summed E-state index contributed by atoms with van der Waals surface area (Å²) < 4.78 is 0. The summed E-state index contributed by atoms with van der Waals surface area (Å²) in [6.45, 7) is 5.36. The van der Waals surface area contributed by atoms with Gasteiger partial charge in [-0.3, -0.25) is 9.98 Å². The first kappa shape index (κ1) is 11.1. The van der Waals surface area contributed by atoms with Crippen molar-refractivity contribution in [3.05, 3.63) is 36.2 Å². The molecule has 17 heavy (non-hydrogen) atoms. The average molecular weight is 226 g/mol. The predicted molar refractivity (Wildman–Crippen MR) is 72.4 cm³/mol. The number of hydrogen-bond acceptors (Lipinski definition) is 4. The number of pyridine rings is 1. The summed E-state index contributed by atoms with van der Waals surface area (Å²) in [6, 6.07) is 7.47. The van der Waals surface area contributed by atoms with E-state index in [1.165, 1.54) is 0 Å². The lowest BCUT2D eigenvalue weighted by Gasteiger charge is -2.07. The molecule has 2 aromatic rings. The van der Waals surface area contributed by atoms with Crippen LogP contribution >= 0.6 is 0 Å². The van der Waals surface area contributed by atoms with Crippen LogP contribution in [0.2, 0.25) is 0 Å². The van der Waals surface area contributed by atoms with E-state index in [2.05, 4.69) is 16.7 Å². The van der Waals surface area contributed by atoms with E-state index in [1.807, 2.05) is 25.1 Å². The summed E-state index contributed by atoms with van der Waals surface area (Å²) >= 11 is 0. The van der Waals surface area contributed by atoms with Gasteiger partial charge < -0.3 is 11.5 Å². The number of nitrogen functional groups attached to an aromatic ring is 2. The third-order valence-corrected chi connectivity index (χ3v) is 2.66. The van der Waals surface area contributed by atoms with Crippen LogP contribution in [0.5, 0.6) is 0 Å². The minimum absolute atomic E-state index is 0.608. The van der Waals surface area contributed by atoms with Crippen LogP contribution in [0.15, 0.2) is 35.5 Å². The molecule has 0 saturated heterocycles. The number of aryl methyl sites for hydroxylation is 1. The van der Waals surface area contributed by atoms with Gasteiger partial charge in [-0.1, -0.05) is 6.07 Å². The van der Waals surface area contributed by atoms with E-state index in [-0.39, 0.29) is 0 Å². The molecule has 4 N–H and O–H groups in total. The molecule has 0 radical (unpaired) electrons. The third kappa shape index (κ3) is 2.10. The van der Waals surface area contributed by atoms with Crippen LogP contribution in [0.25, 0.3) is 11.1 Å². The first-order chi connectivity index (χ1) is 8.11. The van der Waals surface area contributed by atoms with E-state index in [0.29, 0.717) is 17.1 Å². The molecule has 1 heterocycles. The van der Waals surface area contributed by atoms with Crippen LogP contribution < -0.4 is 11.5 Å². The lowest BCUT2D eigenvalue weighted by molar-refractivity contribution is 1.21. The SMILES string of the molecule is C=Nc1cc(-c2cnc(C)c(N)c2)ccc1N. The van der Waals surface area contributed by atoms with Crippen molar-refractivity contribution < 1.29 is 0 Å². The highest BCUT2D eigenvalue weighted by Crippen LogP contribution is 2.29. The Bertz CT molecular complexity index is 576. The zero-order valence-electron chi connectivity index (χ0n) is 9.64. The van der Waals surface area contributed by atoms with Gasteiger partial charge in [0.2, 0.25) is 0 Å². The standard InChI is InChI=1S/C13H14N4/c1-8-12(15)5-10(7-17-8)9-3-4-11(14)13(6-9)16-2/h3-7H,2,14-15H2,1H3. The maximum absolute atomic E-state index is 5.84. The average Bonchev–Trinajstić information content (AvgIpc) is 2.33. The van der Waals surface area contributed by atoms with Crippen LogP contribution in [0.3, 0.4) is 0 Å². The van der Waals surface area contributed by atoms with Gasteiger partial charge in [0.1, 0.15) is 0 Å². The van der Waals surface area contributed by atoms with E-state index in [1.54, 1.807) is 12.3 Å². The van der Waals surface area contributed by atoms with Crippen molar-refractivity contribution in [1.29, 1.82) is 0 Å². The smallest absolute Gasteiger partial charge is 0.0857 e. The molecule has 0 aliphatic rings. The maximum Gasteiger partial charge on any atom is 0.0857 e. The monoisotopic (exact) mass is 226 g/mol. The molecule has 4 nitrogen and oxygen atoms in total. The lowest BCUT2D eigenvalue weighted by atomic mass is 10.1. The van der Waals surface area contributed by atoms with Gasteiger partial charge in [-0.2, -0.15) is 0 Å². The molecule has 0 aliphatic heterocycles. The quantitative estimate of drug-likeness (QED) is 0.610. The number of rotatable bonds is 2. The molecule has 0 saturated carbocycles. The Labute approximate surface area is 100 Å². The summed E-state index contributed by atoms with van der Waals surface area (Å²) in [5.41, 5.74) is 16.3. The number of aliphatic imine (C=N–C) groups is 1. The van der Waals surface area contributed by atoms with Gasteiger partial charge >= 0.3 is 0 Å². The lowest BCUT2D eigenvalue weighted by Crippen LogP contribution is -1.93. The van der Waals surface area contributed by atoms with Gasteiger partial charge in [0.15, 0.2) is 0 Å². The zero-order valence-corrected chi connectivity index (χ0v) is 9.64. The second-order valence-corrected chi connectivity index (χ2v) is 3.83. The van der Waals surface area contributed by atoms with Crippen LogP contribution in [-0.4, -0.2) is 11.7 Å². The fraction of sp³-hybridized carbons (Fsp3) is 0.0769. The molecule has 86 valence electrons. The number of aromatic nitrogens is 1. The van der Waals surface area contributed by atoms with Crippen molar-refractivity contribution in [3.63, 3.8) is 0 Å². The summed E-state index contributed by atoms with van der Waals surface area (Å²) in [4.78, 5) is 8.10. The number of hydrogen-bond donors (Lipinski definition) is 2. The first-order valence-corrected chi connectivity index (χ1v) is 5.20. The minimum atomic E-state index is 0.608. The van der Waals surface area contributed by atoms with E-state index in [4.69, 9.17) is 11.5 Å². The van der Waals surface area contributed by atoms with Crippen LogP contribution in [0, 0.1) is 6.92 Å². The highest BCUT2D eigenvalue weighted by molar-refractivity contribution is 5.76. The van der Waals surface area contributed by atoms with E-state index in [0.717, 1.165) is 16.8 Å². The van der Waals surface area contributed by atoms with Gasteiger partial charge in [-0.25, -0.2) is 0 Å². The fourth-order valence-electron chi connectivity index (χ4n) is 1.57. The Morgan fingerprint density at radius 1 is 1.12 bits per heavy atom. The third-order valence-electron chi connectivity index (χ3n) is 2.66. The number of benzene rings is 1. The molecule has 0 atom stereocenters. The molecule has 1 aromatic carbocycles. The second kappa shape index (κ2) is 4.25. The minimum Gasteiger partial charge on any atom is -0.397 e. The van der Waals surface area contributed by atoms with Gasteiger partial charge in [0.05, 0.1) is 22.8 Å². The molecule has 0 spiro atoms. The topological polar surface area (TPSA) is 77.3 Å². The van der Waals surface area contributed by atoms with E-state index >= 15 is 0 Å². The Hall–Kier alpha value is -2.36. The summed E-state index contributed by atoms with van der Waals surface area (Å²) in [5.74, 6) is 0. The molecule has 4 heteroatoms. The van der Waals surface area contributed by atoms with Gasteiger partial charge in [0.25, 0.3) is 0 Å². The van der Waals surface area contributed by atoms with Gasteiger partial charge in [-0.15, -0.1) is 0 Å². The fourth-order valence-corrected chi connectivity index (χ4v) is 1.57. The molecule has 1 aromatic heterocycles. The van der Waals surface area contributed by atoms with Crippen molar-refractivity contribution in [2.75, 3.05) is 11.5 Å². The molecule has 0 amide bonds. The number of nitrogens with two attached hydrogens (primary N) is 2. The number of anilines is 2. The van der Waals surface area contributed by atoms with Crippen LogP contribution in [0.4, 0.5) is 17.1 Å². The van der Waals surface area contributed by atoms with Crippen LogP contribution in [0.1, 0.15) is 5.69 Å². The second-order valence-electron chi connectivity index (χ2n) is 3.83. The number of nitrogens with zero attached hydrogens (tertiary/aromatic N) is 2. The van der Waals surface area contributed by atoms with Crippen molar-refractivity contribution in [1.82, 2.24) is 4.98 Å². The normalized spacial score (nSPS) is 10.2. The van der Waals surface area contributed by atoms with Crippen molar-refractivity contribution in [2.24, 2.45) is 4.99 Å². The molecule has 0 aliphatic carbocycles. The van der Waals surface area contributed by atoms with Gasteiger partial charge in [0, 0.05) is 11.8 Å². The Balaban J connectivity index is 2.52. The Morgan fingerprint density at radius 3 is 2.53 bits per heavy atom. The van der Waals surface area contributed by atoms with Crippen LogP contribution in [-0.2, 0) is 0 Å². The summed E-state index contributed by atoms with van der Waals surface area (Å²) in [6.07, 6.45) is 1.78. The highest BCUT2D eigenvalue weighted by Gasteiger charge is 2.04. The molecule has 2 rings (SSSR count). The molecule has 0 bridgehead atoms. The van der Waals surface area contributed by atoms with E-state index in [9.17, 15) is 0 Å². The molecule has 0 unspecified atom stereocenters. The molecular formula is C13H14N4. The van der Waals surface area contributed by atoms with Crippen molar-refractivity contribution in [3.8, 4) is 11.1 Å². The summed E-state index contributed by atoms with van der Waals surface area (Å²) in [7, 11) is 0. The zero-order chi connectivity index (χ0) is 12.4. The van der Waals surface area contributed by atoms with E-state index < -0.39 is 0 Å².